The van der Waals surface area contributed by atoms with E-state index in [1.165, 1.54) is 42.5 Å². The fraction of sp³-hybridized carbons (Fsp3) is 0.250. The number of carbonyl (C=O) groups is 1. The zero-order valence-electron chi connectivity index (χ0n) is 19.3. The minimum atomic E-state index is -0.631. The van der Waals surface area contributed by atoms with E-state index < -0.39 is 11.7 Å². The van der Waals surface area contributed by atoms with Crippen LogP contribution in [0.2, 0.25) is 0 Å². The van der Waals surface area contributed by atoms with E-state index in [0.29, 0.717) is 18.0 Å². The second-order valence-corrected chi connectivity index (χ2v) is 8.57. The summed E-state index contributed by atoms with van der Waals surface area (Å²) in [5.41, 5.74) is 3.56. The molecule has 6 rings (SSSR count). The van der Waals surface area contributed by atoms with E-state index in [2.05, 4.69) is 43.1 Å². The number of hydrogen-bond acceptors (Lipinski definition) is 8. The highest BCUT2D eigenvalue weighted by Gasteiger charge is 2.24. The van der Waals surface area contributed by atoms with Crippen molar-refractivity contribution in [2.75, 3.05) is 7.11 Å². The van der Waals surface area contributed by atoms with Crippen LogP contribution in [0.15, 0.2) is 53.7 Å². The first-order valence-electron chi connectivity index (χ1n) is 11.4. The summed E-state index contributed by atoms with van der Waals surface area (Å²) in [5.74, 6) is -0.323. The lowest BCUT2D eigenvalue weighted by atomic mass is 10.1. The van der Waals surface area contributed by atoms with E-state index >= 15 is 0 Å². The quantitative estimate of drug-likeness (QED) is 0.353. The van der Waals surface area contributed by atoms with Gasteiger partial charge in [-0.05, 0) is 42.5 Å². The SMILES string of the molecule is COc1ccc(-c2nnco2)c(CNC(=O)c2cn(Cc3cn4cc(C5CC5)ccc4n3)nn2)c1F. The Labute approximate surface area is 203 Å². The minimum Gasteiger partial charge on any atom is -0.494 e. The third-order valence-corrected chi connectivity index (χ3v) is 6.11. The molecule has 36 heavy (non-hydrogen) atoms. The molecule has 182 valence electrons. The monoisotopic (exact) mass is 488 g/mol. The van der Waals surface area contributed by atoms with Crippen molar-refractivity contribution in [2.45, 2.75) is 31.8 Å². The number of nitrogens with zero attached hydrogens (tertiary/aromatic N) is 7. The Kier molecular flexibility index (Phi) is 5.40. The maximum Gasteiger partial charge on any atom is 0.273 e. The number of halogens is 1. The van der Waals surface area contributed by atoms with Gasteiger partial charge in [-0.3, -0.25) is 4.79 Å². The van der Waals surface area contributed by atoms with Crippen molar-refractivity contribution < 1.29 is 18.3 Å². The van der Waals surface area contributed by atoms with Crippen molar-refractivity contribution in [3.8, 4) is 17.2 Å². The number of carbonyl (C=O) groups excluding carboxylic acids is 1. The number of benzene rings is 1. The molecule has 0 aliphatic heterocycles. The normalized spacial score (nSPS) is 13.3. The second-order valence-electron chi connectivity index (χ2n) is 8.57. The summed E-state index contributed by atoms with van der Waals surface area (Å²) in [4.78, 5) is 17.4. The number of rotatable bonds is 8. The van der Waals surface area contributed by atoms with Crippen LogP contribution in [-0.2, 0) is 13.1 Å². The molecule has 0 atom stereocenters. The zero-order chi connectivity index (χ0) is 24.6. The van der Waals surface area contributed by atoms with Crippen molar-refractivity contribution in [2.24, 2.45) is 0 Å². The van der Waals surface area contributed by atoms with Crippen LogP contribution in [-0.4, -0.2) is 47.6 Å². The molecule has 1 amide bonds. The summed E-state index contributed by atoms with van der Waals surface area (Å²) >= 11 is 0. The van der Waals surface area contributed by atoms with Crippen LogP contribution in [0, 0.1) is 5.82 Å². The van der Waals surface area contributed by atoms with Crippen LogP contribution < -0.4 is 10.1 Å². The van der Waals surface area contributed by atoms with Gasteiger partial charge in [-0.25, -0.2) is 14.1 Å². The number of methoxy groups -OCH3 is 1. The van der Waals surface area contributed by atoms with E-state index in [9.17, 15) is 9.18 Å². The summed E-state index contributed by atoms with van der Waals surface area (Å²) in [6, 6.07) is 7.18. The van der Waals surface area contributed by atoms with Crippen molar-refractivity contribution in [3.05, 3.63) is 77.6 Å². The highest BCUT2D eigenvalue weighted by molar-refractivity contribution is 5.91. The molecular weight excluding hydrogens is 467 g/mol. The van der Waals surface area contributed by atoms with Crippen molar-refractivity contribution in [3.63, 3.8) is 0 Å². The molecule has 4 heterocycles. The first kappa shape index (κ1) is 21.9. The molecule has 0 saturated heterocycles. The second kappa shape index (κ2) is 8.87. The Hall–Kier alpha value is -4.61. The van der Waals surface area contributed by atoms with E-state index in [1.807, 2.05) is 16.7 Å². The number of nitrogens with one attached hydrogen (secondary N) is 1. The first-order chi connectivity index (χ1) is 17.6. The van der Waals surface area contributed by atoms with E-state index in [4.69, 9.17) is 9.15 Å². The Morgan fingerprint density at radius 2 is 2.08 bits per heavy atom. The maximum atomic E-state index is 15.0. The summed E-state index contributed by atoms with van der Waals surface area (Å²) in [6.45, 7) is 0.203. The predicted octanol–water partition coefficient (Wildman–Crippen LogP) is 2.98. The highest BCUT2D eigenvalue weighted by Crippen LogP contribution is 2.39. The molecule has 1 saturated carbocycles. The van der Waals surface area contributed by atoms with E-state index in [0.717, 1.165) is 17.7 Å². The van der Waals surface area contributed by atoms with Crippen LogP contribution in [0.3, 0.4) is 0 Å². The molecule has 0 radical (unpaired) electrons. The third kappa shape index (κ3) is 4.17. The largest absolute Gasteiger partial charge is 0.494 e. The maximum absolute atomic E-state index is 15.0. The summed E-state index contributed by atoms with van der Waals surface area (Å²) in [5, 5.41) is 18.1. The van der Waals surface area contributed by atoms with E-state index in [-0.39, 0.29) is 29.4 Å². The highest BCUT2D eigenvalue weighted by atomic mass is 19.1. The average Bonchev–Trinajstić information content (AvgIpc) is 3.24. The number of fused-ring (bicyclic) bond motifs is 1. The van der Waals surface area contributed by atoms with Gasteiger partial charge in [0.25, 0.3) is 5.91 Å². The fourth-order valence-corrected chi connectivity index (χ4v) is 4.12. The lowest BCUT2D eigenvalue weighted by Crippen LogP contribution is -2.24. The van der Waals surface area contributed by atoms with Crippen molar-refractivity contribution >= 4 is 11.6 Å². The molecule has 1 aliphatic rings. The van der Waals surface area contributed by atoms with Crippen LogP contribution in [0.4, 0.5) is 4.39 Å². The summed E-state index contributed by atoms with van der Waals surface area (Å²) < 4.78 is 28.8. The van der Waals surface area contributed by atoms with Gasteiger partial charge in [0, 0.05) is 30.1 Å². The number of pyridine rings is 1. The zero-order valence-corrected chi connectivity index (χ0v) is 19.3. The molecule has 0 unspecified atom stereocenters. The molecule has 0 bridgehead atoms. The average molecular weight is 488 g/mol. The van der Waals surface area contributed by atoms with E-state index in [1.54, 1.807) is 6.07 Å². The fourth-order valence-electron chi connectivity index (χ4n) is 4.12. The standard InChI is InChI=1S/C24H21FN8O3/c1-35-20-6-5-17(24-30-27-13-36-24)18(22(20)25)8-26-23(34)19-12-33(31-29-19)11-16-10-32-9-15(14-2-3-14)4-7-21(32)28-16/h4-7,9-10,12-14H,2-3,8,11H2,1H3,(H,26,34). The van der Waals surface area contributed by atoms with Crippen molar-refractivity contribution in [1.82, 2.24) is 39.9 Å². The van der Waals surface area contributed by atoms with Gasteiger partial charge in [-0.15, -0.1) is 15.3 Å². The van der Waals surface area contributed by atoms with Gasteiger partial charge in [-0.1, -0.05) is 11.3 Å². The Morgan fingerprint density at radius 1 is 1.19 bits per heavy atom. The Morgan fingerprint density at radius 3 is 2.86 bits per heavy atom. The van der Waals surface area contributed by atoms with Crippen LogP contribution >= 0.6 is 0 Å². The lowest BCUT2D eigenvalue weighted by Gasteiger charge is -2.11. The van der Waals surface area contributed by atoms with Gasteiger partial charge in [0.2, 0.25) is 12.3 Å². The number of imidazole rings is 1. The number of amides is 1. The molecule has 1 fully saturated rings. The molecule has 1 aromatic carbocycles. The van der Waals surface area contributed by atoms with Crippen LogP contribution in [0.25, 0.3) is 17.1 Å². The summed E-state index contributed by atoms with van der Waals surface area (Å²) in [7, 11) is 1.36. The Balaban J connectivity index is 1.16. The molecule has 1 aliphatic carbocycles. The summed E-state index contributed by atoms with van der Waals surface area (Å²) in [6.07, 6.45) is 9.21. The van der Waals surface area contributed by atoms with Crippen molar-refractivity contribution in [1.29, 1.82) is 0 Å². The van der Waals surface area contributed by atoms with Gasteiger partial charge in [0.15, 0.2) is 17.3 Å². The molecule has 1 N–H and O–H groups in total. The minimum absolute atomic E-state index is 0.0326. The first-order valence-corrected chi connectivity index (χ1v) is 11.4. The van der Waals surface area contributed by atoms with Crippen LogP contribution in [0.1, 0.15) is 46.1 Å². The number of aromatic nitrogens is 7. The molecular formula is C24H21FN8O3. The van der Waals surface area contributed by atoms with Crippen LogP contribution in [0.5, 0.6) is 5.75 Å². The molecule has 12 heteroatoms. The molecule has 0 spiro atoms. The predicted molar refractivity (Wildman–Crippen MR) is 124 cm³/mol. The smallest absolute Gasteiger partial charge is 0.273 e. The lowest BCUT2D eigenvalue weighted by molar-refractivity contribution is 0.0945. The Bertz CT molecular complexity index is 1560. The third-order valence-electron chi connectivity index (χ3n) is 6.11. The topological polar surface area (TPSA) is 125 Å². The van der Waals surface area contributed by atoms with Gasteiger partial charge in [0.1, 0.15) is 5.65 Å². The van der Waals surface area contributed by atoms with Gasteiger partial charge in [0.05, 0.1) is 25.5 Å². The number of ether oxygens (including phenoxy) is 1. The number of hydrogen-bond donors (Lipinski definition) is 1. The van der Waals surface area contributed by atoms with Gasteiger partial charge < -0.3 is 18.9 Å². The van der Waals surface area contributed by atoms with Gasteiger partial charge in [-0.2, -0.15) is 0 Å². The van der Waals surface area contributed by atoms with Gasteiger partial charge >= 0.3 is 0 Å². The molecule has 4 aromatic heterocycles. The molecule has 11 nitrogen and oxygen atoms in total. The molecule has 5 aromatic rings.